The Morgan fingerprint density at radius 2 is 2.08 bits per heavy atom. The number of nitrogens with zero attached hydrogens (tertiary/aromatic N) is 1. The molecule has 0 spiro atoms. The highest BCUT2D eigenvalue weighted by Gasteiger charge is 2.29. The van der Waals surface area contributed by atoms with Crippen LogP contribution in [0.3, 0.4) is 0 Å². The van der Waals surface area contributed by atoms with E-state index >= 15 is 0 Å². The van der Waals surface area contributed by atoms with E-state index in [4.69, 9.17) is 10.5 Å². The Balaban J connectivity index is 0.00000312. The molecule has 1 atom stereocenters. The molecule has 0 saturated carbocycles. The number of benzene rings is 1. The molecule has 2 rings (SSSR count). The van der Waals surface area contributed by atoms with E-state index in [0.29, 0.717) is 21.8 Å². The summed E-state index contributed by atoms with van der Waals surface area (Å²) in [6, 6.07) is 4.41. The minimum Gasteiger partial charge on any atom is -0.484 e. The van der Waals surface area contributed by atoms with E-state index in [1.165, 1.54) is 12.1 Å². The van der Waals surface area contributed by atoms with Crippen molar-refractivity contribution in [1.82, 2.24) is 4.98 Å². The highest BCUT2D eigenvalue weighted by atomic mass is 35.5. The molecule has 0 aliphatic carbocycles. The van der Waals surface area contributed by atoms with Crippen LogP contribution >= 0.6 is 23.7 Å². The predicted molar refractivity (Wildman–Crippen MR) is 94.5 cm³/mol. The molecule has 25 heavy (non-hydrogen) atoms. The van der Waals surface area contributed by atoms with Gasteiger partial charge in [-0.3, -0.25) is 4.79 Å². The molecule has 0 bridgehead atoms. The van der Waals surface area contributed by atoms with Crippen LogP contribution < -0.4 is 15.8 Å². The number of aromatic nitrogens is 1. The van der Waals surface area contributed by atoms with Crippen molar-refractivity contribution >= 4 is 45.0 Å². The van der Waals surface area contributed by atoms with E-state index in [9.17, 15) is 18.0 Å². The Bertz CT molecular complexity index is 734. The Hall–Kier alpha value is -1.58. The van der Waals surface area contributed by atoms with Crippen molar-refractivity contribution in [1.29, 1.82) is 0 Å². The number of halogens is 4. The normalized spacial score (nSPS) is 13.8. The lowest BCUT2D eigenvalue weighted by molar-refractivity contribution is -0.153. The fraction of sp³-hybridized carbons (Fsp3) is 0.467. The topological polar surface area (TPSA) is 77.2 Å². The molecule has 0 fully saturated rings. The molecule has 5 nitrogen and oxygen atoms in total. The molecule has 2 aromatic rings. The van der Waals surface area contributed by atoms with Crippen LogP contribution in [-0.4, -0.2) is 29.2 Å². The van der Waals surface area contributed by atoms with Crippen LogP contribution in [0.15, 0.2) is 18.2 Å². The van der Waals surface area contributed by atoms with Crippen molar-refractivity contribution in [2.24, 2.45) is 5.73 Å². The zero-order valence-corrected chi connectivity index (χ0v) is 15.3. The fourth-order valence-electron chi connectivity index (χ4n) is 2.09. The molecule has 1 aromatic carbocycles. The van der Waals surface area contributed by atoms with Gasteiger partial charge in [0.2, 0.25) is 5.91 Å². The third-order valence-corrected chi connectivity index (χ3v) is 4.20. The quantitative estimate of drug-likeness (QED) is 0.768. The van der Waals surface area contributed by atoms with Crippen molar-refractivity contribution in [2.75, 3.05) is 11.9 Å². The van der Waals surface area contributed by atoms with E-state index in [1.54, 1.807) is 13.0 Å². The standard InChI is InChI=1S/C15H18F3N3O2S.ClH/c1-3-6-14(2,19)12(22)21-13-20-10-5-4-9(7-11(10)24-13)23-8-15(16,17)18;/h4-5,7H,3,6,8,19H2,1-2H3,(H,20,21,22);1H. The number of carbonyl (C=O) groups is 1. The summed E-state index contributed by atoms with van der Waals surface area (Å²) in [5.41, 5.74) is 5.51. The second-order valence-corrected chi connectivity index (χ2v) is 6.70. The van der Waals surface area contributed by atoms with Gasteiger partial charge in [0.15, 0.2) is 11.7 Å². The fourth-order valence-corrected chi connectivity index (χ4v) is 2.98. The number of anilines is 1. The third kappa shape index (κ3) is 6.02. The van der Waals surface area contributed by atoms with Gasteiger partial charge in [0.25, 0.3) is 0 Å². The van der Waals surface area contributed by atoms with Crippen molar-refractivity contribution in [3.05, 3.63) is 18.2 Å². The molecule has 0 radical (unpaired) electrons. The van der Waals surface area contributed by atoms with Crippen molar-refractivity contribution in [3.63, 3.8) is 0 Å². The van der Waals surface area contributed by atoms with Crippen LogP contribution in [0, 0.1) is 0 Å². The molecule has 3 N–H and O–H groups in total. The first kappa shape index (κ1) is 21.5. The Labute approximate surface area is 153 Å². The number of fused-ring (bicyclic) bond motifs is 1. The largest absolute Gasteiger partial charge is 0.484 e. The molecule has 0 aliphatic rings. The minimum atomic E-state index is -4.40. The second kappa shape index (κ2) is 8.20. The number of nitrogens with one attached hydrogen (secondary N) is 1. The minimum absolute atomic E-state index is 0. The number of hydrogen-bond acceptors (Lipinski definition) is 5. The van der Waals surface area contributed by atoms with E-state index in [2.05, 4.69) is 10.3 Å². The van der Waals surface area contributed by atoms with Crippen LogP contribution in [-0.2, 0) is 4.79 Å². The molecule has 0 aliphatic heterocycles. The van der Waals surface area contributed by atoms with Crippen LogP contribution in [0.25, 0.3) is 10.2 Å². The third-order valence-electron chi connectivity index (χ3n) is 3.27. The van der Waals surface area contributed by atoms with Gasteiger partial charge in [-0.2, -0.15) is 13.2 Å². The van der Waals surface area contributed by atoms with E-state index < -0.39 is 18.3 Å². The molecule has 1 unspecified atom stereocenters. The van der Waals surface area contributed by atoms with Gasteiger partial charge in [-0.1, -0.05) is 24.7 Å². The first-order valence-corrected chi connectivity index (χ1v) is 8.13. The van der Waals surface area contributed by atoms with Gasteiger partial charge in [0, 0.05) is 0 Å². The molecule has 1 heterocycles. The smallest absolute Gasteiger partial charge is 0.422 e. The number of nitrogens with two attached hydrogens (primary N) is 1. The van der Waals surface area contributed by atoms with E-state index in [-0.39, 0.29) is 24.1 Å². The number of hydrogen-bond donors (Lipinski definition) is 2. The summed E-state index contributed by atoms with van der Waals surface area (Å²) in [4.78, 5) is 16.4. The van der Waals surface area contributed by atoms with Crippen LogP contribution in [0.2, 0.25) is 0 Å². The summed E-state index contributed by atoms with van der Waals surface area (Å²) in [5.74, 6) is -0.257. The monoisotopic (exact) mass is 397 g/mol. The first-order valence-electron chi connectivity index (χ1n) is 7.31. The summed E-state index contributed by atoms with van der Waals surface area (Å²) in [7, 11) is 0. The van der Waals surface area contributed by atoms with Gasteiger partial charge in [-0.15, -0.1) is 12.4 Å². The average Bonchev–Trinajstić information content (AvgIpc) is 2.85. The Morgan fingerprint density at radius 3 is 2.68 bits per heavy atom. The number of thiazole rings is 1. The maximum atomic E-state index is 12.2. The highest BCUT2D eigenvalue weighted by Crippen LogP contribution is 2.30. The van der Waals surface area contributed by atoms with Crippen LogP contribution in [0.1, 0.15) is 26.7 Å². The molecule has 1 aromatic heterocycles. The average molecular weight is 398 g/mol. The van der Waals surface area contributed by atoms with Gasteiger partial charge < -0.3 is 15.8 Å². The van der Waals surface area contributed by atoms with Crippen LogP contribution in [0.4, 0.5) is 18.3 Å². The van der Waals surface area contributed by atoms with Gasteiger partial charge in [0.05, 0.1) is 15.8 Å². The molecule has 10 heteroatoms. The van der Waals surface area contributed by atoms with Gasteiger partial charge in [0.1, 0.15) is 5.75 Å². The molecule has 0 saturated heterocycles. The number of ether oxygens (including phenoxy) is 1. The molecule has 140 valence electrons. The van der Waals surface area contributed by atoms with Gasteiger partial charge in [-0.25, -0.2) is 4.98 Å². The Morgan fingerprint density at radius 1 is 1.40 bits per heavy atom. The zero-order valence-electron chi connectivity index (χ0n) is 13.6. The number of carbonyl (C=O) groups excluding carboxylic acids is 1. The van der Waals surface area contributed by atoms with Gasteiger partial charge >= 0.3 is 6.18 Å². The lowest BCUT2D eigenvalue weighted by Crippen LogP contribution is -2.48. The summed E-state index contributed by atoms with van der Waals surface area (Å²) >= 11 is 1.15. The summed E-state index contributed by atoms with van der Waals surface area (Å²) in [5, 5.41) is 3.00. The van der Waals surface area contributed by atoms with E-state index in [1.807, 2.05) is 6.92 Å². The van der Waals surface area contributed by atoms with Gasteiger partial charge in [-0.05, 0) is 31.5 Å². The second-order valence-electron chi connectivity index (χ2n) is 5.67. The lowest BCUT2D eigenvalue weighted by atomic mass is 9.97. The van der Waals surface area contributed by atoms with Crippen molar-refractivity contribution in [3.8, 4) is 5.75 Å². The first-order chi connectivity index (χ1) is 11.1. The van der Waals surface area contributed by atoms with E-state index in [0.717, 1.165) is 17.8 Å². The SMILES string of the molecule is CCCC(C)(N)C(=O)Nc1nc2ccc(OCC(F)(F)F)cc2s1.Cl. The highest BCUT2D eigenvalue weighted by molar-refractivity contribution is 7.22. The summed E-state index contributed by atoms with van der Waals surface area (Å²) in [6.07, 6.45) is -3.11. The number of rotatable bonds is 6. The maximum Gasteiger partial charge on any atom is 0.422 e. The molecule has 1 amide bonds. The lowest BCUT2D eigenvalue weighted by Gasteiger charge is -2.21. The molecular formula is C15H19ClF3N3O2S. The Kier molecular flexibility index (Phi) is 7.04. The van der Waals surface area contributed by atoms with Crippen molar-refractivity contribution in [2.45, 2.75) is 38.4 Å². The molecular weight excluding hydrogens is 379 g/mol. The summed E-state index contributed by atoms with van der Waals surface area (Å²) in [6.45, 7) is 2.21. The zero-order chi connectivity index (χ0) is 18.0. The van der Waals surface area contributed by atoms with Crippen LogP contribution in [0.5, 0.6) is 5.75 Å². The number of amides is 1. The predicted octanol–water partition coefficient (Wildman–Crippen LogP) is 4.12. The van der Waals surface area contributed by atoms with Crippen molar-refractivity contribution < 1.29 is 22.7 Å². The summed E-state index contributed by atoms with van der Waals surface area (Å²) < 4.78 is 41.9. The maximum absolute atomic E-state index is 12.2. The number of alkyl halides is 3.